The van der Waals surface area contributed by atoms with Crippen LogP contribution in [0.3, 0.4) is 0 Å². The SMILES string of the molecule is CCCCCCC(=O)NN=C(C)c1ccc(OC)cc1. The van der Waals surface area contributed by atoms with E-state index in [1.807, 2.05) is 31.2 Å². The normalized spacial score (nSPS) is 11.2. The van der Waals surface area contributed by atoms with Gasteiger partial charge in [0.05, 0.1) is 12.8 Å². The van der Waals surface area contributed by atoms with E-state index in [0.717, 1.165) is 29.9 Å². The molecule has 1 aromatic rings. The summed E-state index contributed by atoms with van der Waals surface area (Å²) in [6.45, 7) is 4.03. The van der Waals surface area contributed by atoms with Gasteiger partial charge >= 0.3 is 0 Å². The Labute approximate surface area is 121 Å². The molecule has 1 N–H and O–H groups in total. The van der Waals surface area contributed by atoms with Crippen LogP contribution < -0.4 is 10.2 Å². The van der Waals surface area contributed by atoms with Gasteiger partial charge in [0.2, 0.25) is 5.91 Å². The Bertz CT molecular complexity index is 438. The number of rotatable bonds is 8. The van der Waals surface area contributed by atoms with Crippen LogP contribution in [0, 0.1) is 0 Å². The Kier molecular flexibility index (Phi) is 7.40. The lowest BCUT2D eigenvalue weighted by molar-refractivity contribution is -0.121. The number of benzene rings is 1. The molecule has 1 amide bonds. The smallest absolute Gasteiger partial charge is 0.240 e. The number of carbonyl (C=O) groups excluding carboxylic acids is 1. The van der Waals surface area contributed by atoms with E-state index in [2.05, 4.69) is 17.5 Å². The van der Waals surface area contributed by atoms with Gasteiger partial charge in [-0.15, -0.1) is 0 Å². The highest BCUT2D eigenvalue weighted by Crippen LogP contribution is 2.11. The maximum atomic E-state index is 11.6. The van der Waals surface area contributed by atoms with Crippen molar-refractivity contribution in [3.63, 3.8) is 0 Å². The number of nitrogens with one attached hydrogen (secondary N) is 1. The van der Waals surface area contributed by atoms with Gasteiger partial charge in [-0.3, -0.25) is 4.79 Å². The number of amides is 1. The van der Waals surface area contributed by atoms with Crippen molar-refractivity contribution in [2.75, 3.05) is 7.11 Å². The molecule has 20 heavy (non-hydrogen) atoms. The van der Waals surface area contributed by atoms with Crippen LogP contribution in [0.25, 0.3) is 0 Å². The van der Waals surface area contributed by atoms with E-state index in [1.165, 1.54) is 12.8 Å². The molecule has 0 saturated carbocycles. The van der Waals surface area contributed by atoms with Crippen LogP contribution in [0.2, 0.25) is 0 Å². The van der Waals surface area contributed by atoms with Crippen LogP contribution in [-0.4, -0.2) is 18.7 Å². The molecule has 0 aliphatic rings. The second kappa shape index (κ2) is 9.13. The zero-order valence-electron chi connectivity index (χ0n) is 12.6. The quantitative estimate of drug-likeness (QED) is 0.449. The molecule has 1 rings (SSSR count). The maximum absolute atomic E-state index is 11.6. The monoisotopic (exact) mass is 276 g/mol. The zero-order valence-corrected chi connectivity index (χ0v) is 12.6. The van der Waals surface area contributed by atoms with Crippen molar-refractivity contribution in [3.05, 3.63) is 29.8 Å². The summed E-state index contributed by atoms with van der Waals surface area (Å²) < 4.78 is 5.10. The largest absolute Gasteiger partial charge is 0.497 e. The Morgan fingerprint density at radius 2 is 1.90 bits per heavy atom. The number of carbonyl (C=O) groups is 1. The second-order valence-electron chi connectivity index (χ2n) is 4.77. The third kappa shape index (κ3) is 5.87. The van der Waals surface area contributed by atoms with Crippen molar-refractivity contribution < 1.29 is 9.53 Å². The standard InChI is InChI=1S/C16H24N2O2/c1-4-5-6-7-8-16(19)18-17-13(2)14-9-11-15(20-3)12-10-14/h9-12H,4-8H2,1-3H3,(H,18,19). The summed E-state index contributed by atoms with van der Waals surface area (Å²) in [6, 6.07) is 7.60. The van der Waals surface area contributed by atoms with Gasteiger partial charge < -0.3 is 4.74 Å². The van der Waals surface area contributed by atoms with E-state index >= 15 is 0 Å². The number of hydrogen-bond donors (Lipinski definition) is 1. The summed E-state index contributed by atoms with van der Waals surface area (Å²) >= 11 is 0. The highest BCUT2D eigenvalue weighted by molar-refractivity contribution is 5.99. The third-order valence-corrected chi connectivity index (χ3v) is 3.11. The second-order valence-corrected chi connectivity index (χ2v) is 4.77. The minimum atomic E-state index is -0.0195. The van der Waals surface area contributed by atoms with Crippen molar-refractivity contribution in [2.24, 2.45) is 5.10 Å². The predicted octanol–water partition coefficient (Wildman–Crippen LogP) is 3.51. The Balaban J connectivity index is 2.41. The summed E-state index contributed by atoms with van der Waals surface area (Å²) in [7, 11) is 1.63. The Morgan fingerprint density at radius 1 is 1.20 bits per heavy atom. The number of methoxy groups -OCH3 is 1. The summed E-state index contributed by atoms with van der Waals surface area (Å²) in [6.07, 6.45) is 4.93. The summed E-state index contributed by atoms with van der Waals surface area (Å²) in [4.78, 5) is 11.6. The molecule has 4 heteroatoms. The van der Waals surface area contributed by atoms with Crippen LogP contribution in [0.4, 0.5) is 0 Å². The molecule has 0 atom stereocenters. The lowest BCUT2D eigenvalue weighted by atomic mass is 10.1. The van der Waals surface area contributed by atoms with Crippen LogP contribution in [0.1, 0.15) is 51.5 Å². The highest BCUT2D eigenvalue weighted by Gasteiger charge is 2.01. The molecule has 0 aliphatic carbocycles. The molecule has 0 radical (unpaired) electrons. The molecule has 0 unspecified atom stereocenters. The van der Waals surface area contributed by atoms with Crippen LogP contribution in [-0.2, 0) is 4.79 Å². The van der Waals surface area contributed by atoms with Gasteiger partial charge in [-0.2, -0.15) is 5.10 Å². The first kappa shape index (κ1) is 16.2. The fraction of sp³-hybridized carbons (Fsp3) is 0.500. The first-order valence-corrected chi connectivity index (χ1v) is 7.15. The summed E-state index contributed by atoms with van der Waals surface area (Å²) in [5.74, 6) is 0.787. The van der Waals surface area contributed by atoms with Crippen molar-refractivity contribution in [1.29, 1.82) is 0 Å². The predicted molar refractivity (Wildman–Crippen MR) is 82.1 cm³/mol. The molecule has 0 aliphatic heterocycles. The van der Waals surface area contributed by atoms with Crippen molar-refractivity contribution in [1.82, 2.24) is 5.43 Å². The fourth-order valence-corrected chi connectivity index (χ4v) is 1.81. The molecular formula is C16H24N2O2. The molecule has 0 heterocycles. The molecule has 0 spiro atoms. The van der Waals surface area contributed by atoms with Gasteiger partial charge in [-0.25, -0.2) is 5.43 Å². The zero-order chi connectivity index (χ0) is 14.8. The minimum Gasteiger partial charge on any atom is -0.497 e. The molecule has 0 bridgehead atoms. The molecule has 4 nitrogen and oxygen atoms in total. The Hall–Kier alpha value is -1.84. The van der Waals surface area contributed by atoms with E-state index in [-0.39, 0.29) is 5.91 Å². The molecule has 0 fully saturated rings. The van der Waals surface area contributed by atoms with E-state index in [1.54, 1.807) is 7.11 Å². The van der Waals surface area contributed by atoms with E-state index in [9.17, 15) is 4.79 Å². The number of ether oxygens (including phenoxy) is 1. The van der Waals surface area contributed by atoms with Gasteiger partial charge in [-0.1, -0.05) is 26.2 Å². The van der Waals surface area contributed by atoms with E-state index in [0.29, 0.717) is 6.42 Å². The number of hydrazone groups is 1. The number of unbranched alkanes of at least 4 members (excludes halogenated alkanes) is 3. The summed E-state index contributed by atoms with van der Waals surface area (Å²) in [5.41, 5.74) is 4.36. The highest BCUT2D eigenvalue weighted by atomic mass is 16.5. The average Bonchev–Trinajstić information content (AvgIpc) is 2.49. The third-order valence-electron chi connectivity index (χ3n) is 3.11. The topological polar surface area (TPSA) is 50.7 Å². The van der Waals surface area contributed by atoms with Gasteiger partial charge in [0.25, 0.3) is 0 Å². The van der Waals surface area contributed by atoms with Crippen LogP contribution in [0.15, 0.2) is 29.4 Å². The average molecular weight is 276 g/mol. The first-order valence-electron chi connectivity index (χ1n) is 7.15. The van der Waals surface area contributed by atoms with Gasteiger partial charge in [-0.05, 0) is 43.2 Å². The molecule has 110 valence electrons. The van der Waals surface area contributed by atoms with Crippen molar-refractivity contribution >= 4 is 11.6 Å². The van der Waals surface area contributed by atoms with Gasteiger partial charge in [0.15, 0.2) is 0 Å². The minimum absolute atomic E-state index is 0.0195. The van der Waals surface area contributed by atoms with E-state index in [4.69, 9.17) is 4.74 Å². The molecule has 0 saturated heterocycles. The fourth-order valence-electron chi connectivity index (χ4n) is 1.81. The summed E-state index contributed by atoms with van der Waals surface area (Å²) in [5, 5.41) is 4.13. The van der Waals surface area contributed by atoms with Gasteiger partial charge in [0, 0.05) is 6.42 Å². The lowest BCUT2D eigenvalue weighted by Gasteiger charge is -2.04. The lowest BCUT2D eigenvalue weighted by Crippen LogP contribution is -2.18. The molecular weight excluding hydrogens is 252 g/mol. The van der Waals surface area contributed by atoms with Crippen molar-refractivity contribution in [3.8, 4) is 5.75 Å². The number of hydrogen-bond acceptors (Lipinski definition) is 3. The number of nitrogens with zero attached hydrogens (tertiary/aromatic N) is 1. The molecule has 1 aromatic carbocycles. The Morgan fingerprint density at radius 3 is 2.50 bits per heavy atom. The maximum Gasteiger partial charge on any atom is 0.240 e. The first-order chi connectivity index (χ1) is 9.67. The van der Waals surface area contributed by atoms with E-state index < -0.39 is 0 Å². The van der Waals surface area contributed by atoms with Crippen LogP contribution in [0.5, 0.6) is 5.75 Å². The van der Waals surface area contributed by atoms with Crippen molar-refractivity contribution in [2.45, 2.75) is 46.0 Å². The molecule has 0 aromatic heterocycles. The van der Waals surface area contributed by atoms with Gasteiger partial charge in [0.1, 0.15) is 5.75 Å². The van der Waals surface area contributed by atoms with Crippen LogP contribution >= 0.6 is 0 Å².